The molecule has 0 aliphatic carbocycles. The third kappa shape index (κ3) is 2.76. The van der Waals surface area contributed by atoms with Gasteiger partial charge in [0, 0.05) is 30.1 Å². The highest BCUT2D eigenvalue weighted by Gasteiger charge is 2.12. The molecule has 0 spiro atoms. The maximum Gasteiger partial charge on any atom is 0.215 e. The van der Waals surface area contributed by atoms with Gasteiger partial charge in [-0.1, -0.05) is 23.4 Å². The lowest BCUT2D eigenvalue weighted by atomic mass is 10.3. The smallest absolute Gasteiger partial charge is 0.215 e. The molecule has 5 nitrogen and oxygen atoms in total. The molecular formula is C11H13ClN4OS. The minimum absolute atomic E-state index is 0.0148. The zero-order valence-electron chi connectivity index (χ0n) is 10.3. The van der Waals surface area contributed by atoms with E-state index < -0.39 is 0 Å². The highest BCUT2D eigenvalue weighted by atomic mass is 35.5. The molecule has 2 aromatic rings. The maximum absolute atomic E-state index is 9.40. The van der Waals surface area contributed by atoms with E-state index >= 15 is 0 Å². The average Bonchev–Trinajstić information content (AvgIpc) is 2.50. The first kappa shape index (κ1) is 13.2. The van der Waals surface area contributed by atoms with Gasteiger partial charge in [0.05, 0.1) is 5.69 Å². The molecule has 0 aliphatic rings. The van der Waals surface area contributed by atoms with E-state index in [2.05, 4.69) is 15.1 Å². The summed E-state index contributed by atoms with van der Waals surface area (Å²) in [6, 6.07) is 1.52. The van der Waals surface area contributed by atoms with Crippen LogP contribution in [0.25, 0.3) is 0 Å². The molecule has 0 radical (unpaired) electrons. The summed E-state index contributed by atoms with van der Waals surface area (Å²) in [7, 11) is 1.80. The SMILES string of the molecule is Cc1cc(O)nc(SCc2c(C)nn(C)c2Cl)n1. The number of thioether (sulfide) groups is 1. The molecule has 0 aromatic carbocycles. The van der Waals surface area contributed by atoms with Crippen molar-refractivity contribution in [1.29, 1.82) is 0 Å². The topological polar surface area (TPSA) is 63.8 Å². The van der Waals surface area contributed by atoms with Crippen molar-refractivity contribution in [2.45, 2.75) is 24.8 Å². The fraction of sp³-hybridized carbons (Fsp3) is 0.364. The van der Waals surface area contributed by atoms with Crippen LogP contribution in [-0.2, 0) is 12.8 Å². The number of aromatic nitrogens is 4. The Hall–Kier alpha value is -1.27. The molecule has 0 unspecified atom stereocenters. The van der Waals surface area contributed by atoms with Gasteiger partial charge in [0.25, 0.3) is 0 Å². The van der Waals surface area contributed by atoms with Crippen LogP contribution in [0.1, 0.15) is 17.0 Å². The van der Waals surface area contributed by atoms with Crippen molar-refractivity contribution in [3.8, 4) is 5.88 Å². The van der Waals surface area contributed by atoms with Gasteiger partial charge >= 0.3 is 0 Å². The Bertz CT molecular complexity index is 564. The van der Waals surface area contributed by atoms with E-state index in [0.29, 0.717) is 16.1 Å². The van der Waals surface area contributed by atoms with Crippen LogP contribution >= 0.6 is 23.4 Å². The Balaban J connectivity index is 2.16. The summed E-state index contributed by atoms with van der Waals surface area (Å²) in [6.07, 6.45) is 0. The molecule has 96 valence electrons. The first-order valence-electron chi connectivity index (χ1n) is 5.33. The first-order chi connectivity index (χ1) is 8.47. The maximum atomic E-state index is 9.40. The number of nitrogens with zero attached hydrogens (tertiary/aromatic N) is 4. The summed E-state index contributed by atoms with van der Waals surface area (Å²) in [5, 5.41) is 14.8. The molecule has 18 heavy (non-hydrogen) atoms. The molecule has 1 N–H and O–H groups in total. The van der Waals surface area contributed by atoms with Crippen LogP contribution in [0, 0.1) is 13.8 Å². The monoisotopic (exact) mass is 284 g/mol. The van der Waals surface area contributed by atoms with Crippen LogP contribution in [0.15, 0.2) is 11.2 Å². The van der Waals surface area contributed by atoms with E-state index in [9.17, 15) is 5.11 Å². The Morgan fingerprint density at radius 3 is 2.67 bits per heavy atom. The van der Waals surface area contributed by atoms with Crippen LogP contribution in [0.4, 0.5) is 0 Å². The number of aryl methyl sites for hydroxylation is 3. The zero-order valence-corrected chi connectivity index (χ0v) is 11.9. The van der Waals surface area contributed by atoms with Gasteiger partial charge in [0.15, 0.2) is 5.16 Å². The van der Waals surface area contributed by atoms with Crippen LogP contribution in [0.3, 0.4) is 0 Å². The molecule has 7 heteroatoms. The van der Waals surface area contributed by atoms with Gasteiger partial charge in [-0.3, -0.25) is 4.68 Å². The van der Waals surface area contributed by atoms with Crippen molar-refractivity contribution in [2.24, 2.45) is 7.05 Å². The molecule has 0 atom stereocenters. The summed E-state index contributed by atoms with van der Waals surface area (Å²) in [4.78, 5) is 8.19. The second-order valence-electron chi connectivity index (χ2n) is 3.92. The molecular weight excluding hydrogens is 272 g/mol. The lowest BCUT2D eigenvalue weighted by Crippen LogP contribution is -1.91. The van der Waals surface area contributed by atoms with Gasteiger partial charge in [-0.05, 0) is 13.8 Å². The fourth-order valence-corrected chi connectivity index (χ4v) is 2.87. The number of hydrogen-bond acceptors (Lipinski definition) is 5. The third-order valence-electron chi connectivity index (χ3n) is 2.44. The molecule has 0 amide bonds. The fourth-order valence-electron chi connectivity index (χ4n) is 1.56. The predicted octanol–water partition coefficient (Wildman–Crippen LogP) is 2.48. The molecule has 0 fully saturated rings. The molecule has 0 aliphatic heterocycles. The summed E-state index contributed by atoms with van der Waals surface area (Å²) in [6.45, 7) is 3.73. The zero-order chi connectivity index (χ0) is 13.3. The second-order valence-corrected chi connectivity index (χ2v) is 5.22. The van der Waals surface area contributed by atoms with Gasteiger partial charge in [0.1, 0.15) is 5.15 Å². The summed E-state index contributed by atoms with van der Waals surface area (Å²) in [5.74, 6) is 0.612. The van der Waals surface area contributed by atoms with Gasteiger partial charge in [-0.2, -0.15) is 10.1 Å². The minimum Gasteiger partial charge on any atom is -0.493 e. The summed E-state index contributed by atoms with van der Waals surface area (Å²) < 4.78 is 1.64. The predicted molar refractivity (Wildman–Crippen MR) is 70.9 cm³/mol. The van der Waals surface area contributed by atoms with Crippen LogP contribution in [0.2, 0.25) is 5.15 Å². The van der Waals surface area contributed by atoms with E-state index in [1.807, 2.05) is 13.8 Å². The van der Waals surface area contributed by atoms with Crippen molar-refractivity contribution >= 4 is 23.4 Å². The van der Waals surface area contributed by atoms with Gasteiger partial charge in [-0.15, -0.1) is 0 Å². The largest absolute Gasteiger partial charge is 0.493 e. The number of halogens is 1. The van der Waals surface area contributed by atoms with Crippen molar-refractivity contribution in [3.63, 3.8) is 0 Å². The van der Waals surface area contributed by atoms with Gasteiger partial charge < -0.3 is 5.11 Å². The molecule has 0 saturated carbocycles. The van der Waals surface area contributed by atoms with Crippen LogP contribution in [-0.4, -0.2) is 24.9 Å². The standard InChI is InChI=1S/C11H13ClN4OS/c1-6-4-9(17)14-11(13-6)18-5-8-7(2)15-16(3)10(8)12/h4H,5H2,1-3H3,(H,13,14,17). The van der Waals surface area contributed by atoms with Gasteiger partial charge in [0.2, 0.25) is 5.88 Å². The normalized spacial score (nSPS) is 10.9. The first-order valence-corrected chi connectivity index (χ1v) is 6.69. The Morgan fingerprint density at radius 2 is 2.11 bits per heavy atom. The Kier molecular flexibility index (Phi) is 3.77. The third-order valence-corrected chi connectivity index (χ3v) is 3.78. The highest BCUT2D eigenvalue weighted by Crippen LogP contribution is 2.27. The van der Waals surface area contributed by atoms with Crippen molar-refractivity contribution < 1.29 is 5.11 Å². The van der Waals surface area contributed by atoms with Crippen molar-refractivity contribution in [1.82, 2.24) is 19.7 Å². The van der Waals surface area contributed by atoms with E-state index in [1.54, 1.807) is 11.7 Å². The number of rotatable bonds is 3. The Morgan fingerprint density at radius 1 is 1.39 bits per heavy atom. The molecule has 2 aromatic heterocycles. The quantitative estimate of drug-likeness (QED) is 0.693. The van der Waals surface area contributed by atoms with E-state index in [1.165, 1.54) is 17.8 Å². The van der Waals surface area contributed by atoms with E-state index in [4.69, 9.17) is 11.6 Å². The number of aromatic hydroxyl groups is 1. The van der Waals surface area contributed by atoms with Crippen LogP contribution < -0.4 is 0 Å². The highest BCUT2D eigenvalue weighted by molar-refractivity contribution is 7.98. The van der Waals surface area contributed by atoms with Gasteiger partial charge in [-0.25, -0.2) is 4.98 Å². The molecule has 0 bridgehead atoms. The van der Waals surface area contributed by atoms with E-state index in [0.717, 1.165) is 17.0 Å². The van der Waals surface area contributed by atoms with Crippen LogP contribution in [0.5, 0.6) is 5.88 Å². The minimum atomic E-state index is -0.0148. The second kappa shape index (κ2) is 5.16. The summed E-state index contributed by atoms with van der Waals surface area (Å²) in [5.41, 5.74) is 2.60. The van der Waals surface area contributed by atoms with Crippen molar-refractivity contribution in [2.75, 3.05) is 0 Å². The summed E-state index contributed by atoms with van der Waals surface area (Å²) >= 11 is 7.56. The molecule has 2 heterocycles. The molecule has 2 rings (SSSR count). The molecule has 0 saturated heterocycles. The number of hydrogen-bond donors (Lipinski definition) is 1. The average molecular weight is 285 g/mol. The van der Waals surface area contributed by atoms with Crippen molar-refractivity contribution in [3.05, 3.63) is 28.2 Å². The van der Waals surface area contributed by atoms with E-state index in [-0.39, 0.29) is 5.88 Å². The lowest BCUT2D eigenvalue weighted by Gasteiger charge is -2.02. The Labute approximate surface area is 114 Å². The lowest BCUT2D eigenvalue weighted by molar-refractivity contribution is 0.444.